The van der Waals surface area contributed by atoms with E-state index >= 15 is 0 Å². The minimum absolute atomic E-state index is 0.737. The minimum Gasteiger partial charge on any atom is -0.277 e. The van der Waals surface area contributed by atoms with E-state index in [0.717, 1.165) is 18.4 Å². The molecule has 0 amide bonds. The smallest absolute Gasteiger partial charge is 0.273 e. The molecule has 0 aliphatic rings. The molecule has 0 spiro atoms. The van der Waals surface area contributed by atoms with Crippen LogP contribution in [0.5, 0.6) is 0 Å². The summed E-state index contributed by atoms with van der Waals surface area (Å²) in [4.78, 5) is 4.03. The summed E-state index contributed by atoms with van der Waals surface area (Å²) in [6.07, 6.45) is 5.07. The summed E-state index contributed by atoms with van der Waals surface area (Å²) >= 11 is 0. The van der Waals surface area contributed by atoms with Crippen molar-refractivity contribution in [3.05, 3.63) is 49.1 Å². The van der Waals surface area contributed by atoms with Crippen LogP contribution < -0.4 is 5.30 Å². The van der Waals surface area contributed by atoms with Crippen molar-refractivity contribution in [2.45, 2.75) is 13.8 Å². The third-order valence-electron chi connectivity index (χ3n) is 3.01. The molecule has 1 aromatic carbocycles. The second kappa shape index (κ2) is 5.51. The fraction of sp³-hybridized carbons (Fsp3) is 0.308. The zero-order valence-corrected chi connectivity index (χ0v) is 11.6. The number of aromatic nitrogens is 2. The van der Waals surface area contributed by atoms with Crippen molar-refractivity contribution in [3.63, 3.8) is 0 Å². The number of hydrogen-bond donors (Lipinski definition) is 0. The Morgan fingerprint density at radius 1 is 1.22 bits per heavy atom. The topological polar surface area (TPSA) is 38.1 Å². The molecule has 96 valence electrons. The second-order valence-electron chi connectivity index (χ2n) is 3.96. The highest BCUT2D eigenvalue weighted by Gasteiger charge is 2.32. The normalized spacial score (nSPS) is 14.6. The molecule has 0 unspecified atom stereocenters. The van der Waals surface area contributed by atoms with E-state index in [4.69, 9.17) is 0 Å². The zero-order chi connectivity index (χ0) is 13.0. The van der Waals surface area contributed by atoms with Gasteiger partial charge in [-0.3, -0.25) is 8.90 Å². The van der Waals surface area contributed by atoms with Gasteiger partial charge in [-0.05, 0) is 12.1 Å². The van der Waals surface area contributed by atoms with Gasteiger partial charge >= 0.3 is 0 Å². The predicted octanol–water partition coefficient (Wildman–Crippen LogP) is 2.59. The van der Waals surface area contributed by atoms with E-state index in [-0.39, 0.29) is 0 Å². The Balaban J connectivity index is 2.58. The monoisotopic (exact) mass is 263 g/mol. The molecule has 0 saturated carbocycles. The van der Waals surface area contributed by atoms with Crippen LogP contribution in [0.2, 0.25) is 0 Å². The lowest BCUT2D eigenvalue weighted by Gasteiger charge is -2.30. The maximum absolute atomic E-state index is 13.5. The highest BCUT2D eigenvalue weighted by atomic mass is 31.2. The molecule has 2 aromatic rings. The van der Waals surface area contributed by atoms with Crippen molar-refractivity contribution in [1.29, 1.82) is 0 Å². The average molecular weight is 263 g/mol. The van der Waals surface area contributed by atoms with Gasteiger partial charge in [0.1, 0.15) is 6.33 Å². The Kier molecular flexibility index (Phi) is 4.00. The highest BCUT2D eigenvalue weighted by molar-refractivity contribution is 7.67. The summed E-state index contributed by atoms with van der Waals surface area (Å²) in [5.41, 5.74) is 0. The molecule has 0 saturated heterocycles. The number of nitrogens with zero attached hydrogens (tertiary/aromatic N) is 3. The highest BCUT2D eigenvalue weighted by Crippen LogP contribution is 2.49. The Hall–Kier alpha value is -1.38. The fourth-order valence-corrected chi connectivity index (χ4v) is 4.74. The quantitative estimate of drug-likeness (QED) is 0.778. The lowest BCUT2D eigenvalue weighted by molar-refractivity contribution is 0.443. The lowest BCUT2D eigenvalue weighted by Crippen LogP contribution is -2.29. The van der Waals surface area contributed by atoms with Crippen molar-refractivity contribution in [2.75, 3.05) is 13.1 Å². The molecule has 0 radical (unpaired) electrons. The van der Waals surface area contributed by atoms with Crippen LogP contribution in [-0.2, 0) is 4.57 Å². The molecule has 0 N–H and O–H groups in total. The summed E-state index contributed by atoms with van der Waals surface area (Å²) in [7, 11) is -2.80. The van der Waals surface area contributed by atoms with Crippen LogP contribution in [0.15, 0.2) is 49.1 Å². The van der Waals surface area contributed by atoms with Crippen molar-refractivity contribution in [2.24, 2.45) is 0 Å². The van der Waals surface area contributed by atoms with Crippen LogP contribution in [0.4, 0.5) is 0 Å². The average Bonchev–Trinajstić information content (AvgIpc) is 2.95. The summed E-state index contributed by atoms with van der Waals surface area (Å²) < 4.78 is 17.2. The zero-order valence-electron chi connectivity index (χ0n) is 10.7. The second-order valence-corrected chi connectivity index (χ2v) is 6.59. The number of hydrogen-bond acceptors (Lipinski definition) is 2. The molecule has 0 aliphatic heterocycles. The molecule has 1 aromatic heterocycles. The molecule has 1 atom stereocenters. The lowest BCUT2D eigenvalue weighted by atomic mass is 10.4. The first-order chi connectivity index (χ1) is 8.73. The molecule has 5 heteroatoms. The van der Waals surface area contributed by atoms with Crippen LogP contribution in [0.1, 0.15) is 13.8 Å². The van der Waals surface area contributed by atoms with Gasteiger partial charge < -0.3 is 0 Å². The van der Waals surface area contributed by atoms with Gasteiger partial charge in [-0.1, -0.05) is 32.0 Å². The molecule has 2 rings (SSSR count). The largest absolute Gasteiger partial charge is 0.277 e. The number of benzene rings is 1. The standard InChI is InChI=1S/C13H18N3OP/c1-3-15(4-2)18(17,16-11-10-14-12-16)13-8-6-5-7-9-13/h5-12H,3-4H2,1-2H3/t18-/m0/s1. The molecular formula is C13H18N3OP. The van der Waals surface area contributed by atoms with E-state index in [1.807, 2.05) is 48.8 Å². The minimum atomic E-state index is -2.80. The van der Waals surface area contributed by atoms with Gasteiger partial charge in [0.05, 0.1) is 0 Å². The SMILES string of the molecule is CCN(CC)[P@@](=O)(c1ccccc1)n1ccnc1. The van der Waals surface area contributed by atoms with Crippen LogP contribution in [-0.4, -0.2) is 27.1 Å². The fourth-order valence-electron chi connectivity index (χ4n) is 2.08. The van der Waals surface area contributed by atoms with Gasteiger partial charge in [0.2, 0.25) is 0 Å². The Morgan fingerprint density at radius 3 is 2.39 bits per heavy atom. The Bertz CT molecular complexity index is 520. The first-order valence-corrected chi connectivity index (χ1v) is 7.74. The maximum atomic E-state index is 13.5. The van der Waals surface area contributed by atoms with Gasteiger partial charge in [0.25, 0.3) is 7.44 Å². The molecule has 18 heavy (non-hydrogen) atoms. The van der Waals surface area contributed by atoms with Gasteiger partial charge in [-0.25, -0.2) is 9.65 Å². The van der Waals surface area contributed by atoms with Crippen LogP contribution in [0.25, 0.3) is 0 Å². The van der Waals surface area contributed by atoms with E-state index in [1.54, 1.807) is 23.1 Å². The molecule has 4 nitrogen and oxygen atoms in total. The number of rotatable bonds is 5. The van der Waals surface area contributed by atoms with E-state index in [1.165, 1.54) is 0 Å². The Labute approximate surface area is 108 Å². The third-order valence-corrected chi connectivity index (χ3v) is 6.18. The van der Waals surface area contributed by atoms with Gasteiger partial charge in [0.15, 0.2) is 0 Å². The molecule has 0 fully saturated rings. The summed E-state index contributed by atoms with van der Waals surface area (Å²) in [5, 5.41) is 0.840. The van der Waals surface area contributed by atoms with Crippen molar-refractivity contribution < 1.29 is 4.57 Å². The van der Waals surface area contributed by atoms with Crippen molar-refractivity contribution >= 4 is 12.7 Å². The summed E-state index contributed by atoms with van der Waals surface area (Å²) in [6, 6.07) is 9.60. The molecule has 0 aliphatic carbocycles. The van der Waals surface area contributed by atoms with E-state index in [0.29, 0.717) is 0 Å². The van der Waals surface area contributed by atoms with Gasteiger partial charge in [-0.15, -0.1) is 0 Å². The molecule has 1 heterocycles. The molecule has 0 bridgehead atoms. The van der Waals surface area contributed by atoms with Gasteiger partial charge in [-0.2, -0.15) is 0 Å². The van der Waals surface area contributed by atoms with Crippen molar-refractivity contribution in [3.8, 4) is 0 Å². The van der Waals surface area contributed by atoms with E-state index in [2.05, 4.69) is 4.98 Å². The first kappa shape index (κ1) is 13.1. The van der Waals surface area contributed by atoms with Crippen LogP contribution in [0, 0.1) is 0 Å². The van der Waals surface area contributed by atoms with Crippen molar-refractivity contribution in [1.82, 2.24) is 14.0 Å². The summed E-state index contributed by atoms with van der Waals surface area (Å²) in [6.45, 7) is 5.52. The third kappa shape index (κ3) is 2.14. The molecular weight excluding hydrogens is 245 g/mol. The van der Waals surface area contributed by atoms with Crippen LogP contribution in [0.3, 0.4) is 0 Å². The summed E-state index contributed by atoms with van der Waals surface area (Å²) in [5.74, 6) is 0. The van der Waals surface area contributed by atoms with Crippen LogP contribution >= 0.6 is 7.44 Å². The first-order valence-electron chi connectivity index (χ1n) is 6.13. The van der Waals surface area contributed by atoms with Gasteiger partial charge in [0, 0.05) is 30.8 Å². The predicted molar refractivity (Wildman–Crippen MR) is 74.2 cm³/mol. The van der Waals surface area contributed by atoms with E-state index < -0.39 is 7.44 Å². The van der Waals surface area contributed by atoms with E-state index in [9.17, 15) is 4.57 Å². The maximum Gasteiger partial charge on any atom is 0.273 e. The number of imidazole rings is 1. The Morgan fingerprint density at radius 2 is 1.89 bits per heavy atom.